The third-order valence-corrected chi connectivity index (χ3v) is 3.04. The third-order valence-electron chi connectivity index (χ3n) is 3.04. The van der Waals surface area contributed by atoms with E-state index >= 15 is 0 Å². The Labute approximate surface area is 127 Å². The maximum Gasteiger partial charge on any atom is 0.328 e. The molecular formula is C14H18N4O4. The number of carboxylic acids is 1. The average Bonchev–Trinajstić information content (AvgIpc) is 2.94. The molecule has 22 heavy (non-hydrogen) atoms. The van der Waals surface area contributed by atoms with Crippen molar-refractivity contribution in [2.45, 2.75) is 18.9 Å². The number of hydrogen-bond donors (Lipinski definition) is 3. The second kappa shape index (κ2) is 7.30. The number of aliphatic imine (C=N–C) groups is 2. The number of aliphatic carboxylic acids is 1. The van der Waals surface area contributed by atoms with Crippen LogP contribution in [0.5, 0.6) is 11.5 Å². The summed E-state index contributed by atoms with van der Waals surface area (Å²) in [6.07, 6.45) is 2.36. The molecule has 5 N–H and O–H groups in total. The minimum absolute atomic E-state index is 0.00706. The van der Waals surface area contributed by atoms with Crippen LogP contribution in [0.25, 0.3) is 0 Å². The van der Waals surface area contributed by atoms with Gasteiger partial charge in [0.15, 0.2) is 17.5 Å². The summed E-state index contributed by atoms with van der Waals surface area (Å²) in [4.78, 5) is 19.2. The summed E-state index contributed by atoms with van der Waals surface area (Å²) < 4.78 is 10.6. The molecule has 0 radical (unpaired) electrons. The van der Waals surface area contributed by atoms with Crippen LogP contribution in [0.3, 0.4) is 0 Å². The molecule has 8 heteroatoms. The Hall–Kier alpha value is -2.77. The molecule has 0 fully saturated rings. The van der Waals surface area contributed by atoms with Crippen molar-refractivity contribution in [3.05, 3.63) is 23.8 Å². The lowest BCUT2D eigenvalue weighted by atomic mass is 10.1. The van der Waals surface area contributed by atoms with E-state index in [4.69, 9.17) is 20.9 Å². The van der Waals surface area contributed by atoms with Crippen LogP contribution in [0.2, 0.25) is 0 Å². The number of para-hydroxylation sites is 1. The zero-order valence-corrected chi connectivity index (χ0v) is 11.9. The molecule has 118 valence electrons. The van der Waals surface area contributed by atoms with Crippen LogP contribution in [-0.4, -0.2) is 42.6 Å². The largest absolute Gasteiger partial charge is 0.480 e. The Balaban J connectivity index is 2.00. The van der Waals surface area contributed by atoms with Crippen molar-refractivity contribution in [1.82, 2.24) is 0 Å². The fourth-order valence-corrected chi connectivity index (χ4v) is 1.98. The molecule has 0 aliphatic carbocycles. The molecule has 1 heterocycles. The number of fused-ring (bicyclic) bond motifs is 1. The summed E-state index contributed by atoms with van der Waals surface area (Å²) in [5.41, 5.74) is 11.1. The third kappa shape index (κ3) is 4.11. The molecule has 0 bridgehead atoms. The Morgan fingerprint density at radius 2 is 2.23 bits per heavy atom. The van der Waals surface area contributed by atoms with Crippen LogP contribution < -0.4 is 20.9 Å². The Bertz CT molecular complexity index is 597. The van der Waals surface area contributed by atoms with Crippen LogP contribution >= 0.6 is 0 Å². The molecular weight excluding hydrogens is 288 g/mol. The molecule has 0 saturated carbocycles. The Morgan fingerprint density at radius 1 is 1.41 bits per heavy atom. The lowest BCUT2D eigenvalue weighted by Crippen LogP contribution is -2.23. The molecule has 2 rings (SSSR count). The maximum absolute atomic E-state index is 11.2. The number of guanidine groups is 1. The SMILES string of the molecule is NC(N)=NCCC[C@H](N=Cc1cccc2c1OCO2)C(=O)O. The van der Waals surface area contributed by atoms with Gasteiger partial charge in [-0.05, 0) is 25.0 Å². The number of nitrogens with zero attached hydrogens (tertiary/aromatic N) is 2. The normalized spacial score (nSPS) is 14.0. The topological polar surface area (TPSA) is 133 Å². The number of carboxylic acid groups (broad SMARTS) is 1. The van der Waals surface area contributed by atoms with Gasteiger partial charge < -0.3 is 26.0 Å². The fraction of sp³-hybridized carbons (Fsp3) is 0.357. The van der Waals surface area contributed by atoms with E-state index in [2.05, 4.69) is 9.98 Å². The minimum Gasteiger partial charge on any atom is -0.480 e. The van der Waals surface area contributed by atoms with Gasteiger partial charge in [0, 0.05) is 18.3 Å². The summed E-state index contributed by atoms with van der Waals surface area (Å²) in [5.74, 6) is 0.206. The summed E-state index contributed by atoms with van der Waals surface area (Å²) in [6.45, 7) is 0.528. The molecule has 1 aromatic carbocycles. The van der Waals surface area contributed by atoms with E-state index in [1.165, 1.54) is 6.21 Å². The lowest BCUT2D eigenvalue weighted by Gasteiger charge is -2.06. The molecule has 0 aromatic heterocycles. The van der Waals surface area contributed by atoms with Gasteiger partial charge in [-0.2, -0.15) is 0 Å². The average molecular weight is 306 g/mol. The molecule has 1 aliphatic heterocycles. The highest BCUT2D eigenvalue weighted by Gasteiger charge is 2.18. The Kier molecular flexibility index (Phi) is 5.18. The zero-order valence-electron chi connectivity index (χ0n) is 11.9. The minimum atomic E-state index is -0.995. The highest BCUT2D eigenvalue weighted by atomic mass is 16.7. The summed E-state index contributed by atoms with van der Waals surface area (Å²) >= 11 is 0. The van der Waals surface area contributed by atoms with Gasteiger partial charge in [0.1, 0.15) is 6.04 Å². The van der Waals surface area contributed by atoms with Crippen molar-refractivity contribution < 1.29 is 19.4 Å². The van der Waals surface area contributed by atoms with Crippen LogP contribution in [0.15, 0.2) is 28.2 Å². The van der Waals surface area contributed by atoms with E-state index in [1.54, 1.807) is 18.2 Å². The van der Waals surface area contributed by atoms with E-state index in [0.29, 0.717) is 36.4 Å². The lowest BCUT2D eigenvalue weighted by molar-refractivity contribution is -0.138. The highest BCUT2D eigenvalue weighted by Crippen LogP contribution is 2.34. The maximum atomic E-state index is 11.2. The van der Waals surface area contributed by atoms with Gasteiger partial charge in [-0.15, -0.1) is 0 Å². The number of hydrogen-bond acceptors (Lipinski definition) is 5. The van der Waals surface area contributed by atoms with Crippen molar-refractivity contribution in [2.75, 3.05) is 13.3 Å². The number of rotatable bonds is 7. The molecule has 0 unspecified atom stereocenters. The molecule has 8 nitrogen and oxygen atoms in total. The second-order valence-electron chi connectivity index (χ2n) is 4.66. The van der Waals surface area contributed by atoms with Crippen molar-refractivity contribution in [3.63, 3.8) is 0 Å². The van der Waals surface area contributed by atoms with E-state index < -0.39 is 12.0 Å². The van der Waals surface area contributed by atoms with Crippen LogP contribution in [0.1, 0.15) is 18.4 Å². The number of nitrogens with two attached hydrogens (primary N) is 2. The quantitative estimate of drug-likeness (QED) is 0.378. The van der Waals surface area contributed by atoms with E-state index in [9.17, 15) is 9.90 Å². The molecule has 0 spiro atoms. The van der Waals surface area contributed by atoms with Gasteiger partial charge in [-0.3, -0.25) is 9.98 Å². The monoisotopic (exact) mass is 306 g/mol. The second-order valence-corrected chi connectivity index (χ2v) is 4.66. The predicted molar refractivity (Wildman–Crippen MR) is 81.5 cm³/mol. The fourth-order valence-electron chi connectivity index (χ4n) is 1.98. The van der Waals surface area contributed by atoms with Crippen molar-refractivity contribution in [3.8, 4) is 11.5 Å². The predicted octanol–water partition coefficient (Wildman–Crippen LogP) is 0.341. The van der Waals surface area contributed by atoms with E-state index in [-0.39, 0.29) is 12.8 Å². The van der Waals surface area contributed by atoms with E-state index in [0.717, 1.165) is 0 Å². The highest BCUT2D eigenvalue weighted by molar-refractivity contribution is 5.87. The van der Waals surface area contributed by atoms with E-state index in [1.807, 2.05) is 0 Å². The zero-order chi connectivity index (χ0) is 15.9. The molecule has 0 amide bonds. The molecule has 1 aromatic rings. The molecule has 1 aliphatic rings. The van der Waals surface area contributed by atoms with Crippen molar-refractivity contribution in [2.24, 2.45) is 21.5 Å². The first-order valence-corrected chi connectivity index (χ1v) is 6.78. The van der Waals surface area contributed by atoms with Crippen molar-refractivity contribution >= 4 is 18.1 Å². The van der Waals surface area contributed by atoms with Crippen LogP contribution in [-0.2, 0) is 4.79 Å². The smallest absolute Gasteiger partial charge is 0.328 e. The first-order chi connectivity index (χ1) is 10.6. The van der Waals surface area contributed by atoms with Crippen LogP contribution in [0, 0.1) is 0 Å². The molecule has 1 atom stereocenters. The first kappa shape index (κ1) is 15.6. The van der Waals surface area contributed by atoms with Gasteiger partial charge in [-0.1, -0.05) is 6.07 Å². The summed E-state index contributed by atoms with van der Waals surface area (Å²) in [5, 5.41) is 9.20. The summed E-state index contributed by atoms with van der Waals surface area (Å²) in [6, 6.07) is 4.51. The van der Waals surface area contributed by atoms with Gasteiger partial charge in [0.25, 0.3) is 0 Å². The number of ether oxygens (including phenoxy) is 2. The standard InChI is InChI=1S/C14H18N4O4/c15-14(16)17-6-2-4-10(13(19)20)18-7-9-3-1-5-11-12(9)22-8-21-11/h1,3,5,7,10H,2,4,6,8H2,(H,19,20)(H4,15,16,17)/t10-/m0/s1. The number of carbonyl (C=O) groups is 1. The summed E-state index contributed by atoms with van der Waals surface area (Å²) in [7, 11) is 0. The van der Waals surface area contributed by atoms with Gasteiger partial charge in [-0.25, -0.2) is 4.79 Å². The first-order valence-electron chi connectivity index (χ1n) is 6.78. The van der Waals surface area contributed by atoms with Gasteiger partial charge in [0.05, 0.1) is 0 Å². The van der Waals surface area contributed by atoms with Crippen molar-refractivity contribution in [1.29, 1.82) is 0 Å². The number of benzene rings is 1. The Morgan fingerprint density at radius 3 is 2.95 bits per heavy atom. The molecule has 0 saturated heterocycles. The van der Waals surface area contributed by atoms with Crippen LogP contribution in [0.4, 0.5) is 0 Å². The van der Waals surface area contributed by atoms with Gasteiger partial charge >= 0.3 is 5.97 Å². The van der Waals surface area contributed by atoms with Gasteiger partial charge in [0.2, 0.25) is 6.79 Å².